The van der Waals surface area contributed by atoms with Crippen LogP contribution in [0.2, 0.25) is 0 Å². The van der Waals surface area contributed by atoms with E-state index in [-0.39, 0.29) is 30.3 Å². The summed E-state index contributed by atoms with van der Waals surface area (Å²) < 4.78 is 5.11. The number of aryl methyl sites for hydroxylation is 1. The topological polar surface area (TPSA) is 116 Å². The average molecular weight is 484 g/mol. The highest BCUT2D eigenvalue weighted by Crippen LogP contribution is 2.29. The third kappa shape index (κ3) is 5.13. The van der Waals surface area contributed by atoms with Gasteiger partial charge in [0.1, 0.15) is 15.5 Å². The fraction of sp³-hybridized carbons (Fsp3) is 0.417. The molecule has 10 heteroatoms. The molecule has 0 radical (unpaired) electrons. The van der Waals surface area contributed by atoms with E-state index in [0.29, 0.717) is 26.5 Å². The molecule has 3 heterocycles. The largest absolute Gasteiger partial charge is 0.462 e. The molecular formula is C24H29N5O4S. The van der Waals surface area contributed by atoms with Crippen LogP contribution in [0.5, 0.6) is 0 Å². The van der Waals surface area contributed by atoms with Gasteiger partial charge in [0.2, 0.25) is 0 Å². The van der Waals surface area contributed by atoms with Gasteiger partial charge in [0, 0.05) is 24.8 Å². The van der Waals surface area contributed by atoms with Crippen molar-refractivity contribution in [3.63, 3.8) is 0 Å². The molecule has 1 aliphatic heterocycles. The molecule has 1 aromatic carbocycles. The number of H-pyrrole nitrogens is 1. The Labute approximate surface area is 201 Å². The van der Waals surface area contributed by atoms with E-state index in [1.165, 1.54) is 11.3 Å². The first-order valence-electron chi connectivity index (χ1n) is 11.4. The lowest BCUT2D eigenvalue weighted by atomic mass is 10.0. The zero-order chi connectivity index (χ0) is 24.2. The van der Waals surface area contributed by atoms with E-state index in [4.69, 9.17) is 4.74 Å². The van der Waals surface area contributed by atoms with Crippen LogP contribution < -0.4 is 16.2 Å². The summed E-state index contributed by atoms with van der Waals surface area (Å²) in [5.41, 5.74) is 1.11. The summed E-state index contributed by atoms with van der Waals surface area (Å²) in [5, 5.41) is 6.33. The smallest absolute Gasteiger partial charge is 0.348 e. The highest BCUT2D eigenvalue weighted by molar-refractivity contribution is 7.20. The molecule has 34 heavy (non-hydrogen) atoms. The minimum atomic E-state index is -0.428. The van der Waals surface area contributed by atoms with Crippen molar-refractivity contribution < 1.29 is 14.3 Å². The van der Waals surface area contributed by atoms with Crippen LogP contribution in [0.4, 0.5) is 10.5 Å². The van der Waals surface area contributed by atoms with Gasteiger partial charge in [0.15, 0.2) is 0 Å². The number of aromatic nitrogens is 2. The Balaban J connectivity index is 1.40. The highest BCUT2D eigenvalue weighted by Gasteiger charge is 2.27. The van der Waals surface area contributed by atoms with E-state index >= 15 is 0 Å². The van der Waals surface area contributed by atoms with E-state index in [1.54, 1.807) is 13.8 Å². The quantitative estimate of drug-likeness (QED) is 0.459. The van der Waals surface area contributed by atoms with Crippen LogP contribution in [0.3, 0.4) is 0 Å². The number of fused-ring (bicyclic) bond motifs is 1. The second kappa shape index (κ2) is 10.4. The van der Waals surface area contributed by atoms with Crippen LogP contribution in [0.1, 0.15) is 53.8 Å². The van der Waals surface area contributed by atoms with Crippen molar-refractivity contribution in [1.29, 1.82) is 0 Å². The number of anilines is 1. The summed E-state index contributed by atoms with van der Waals surface area (Å²) in [4.78, 5) is 48.1. The van der Waals surface area contributed by atoms with E-state index in [9.17, 15) is 14.4 Å². The van der Waals surface area contributed by atoms with Gasteiger partial charge in [-0.1, -0.05) is 18.2 Å². The third-order valence-electron chi connectivity index (χ3n) is 6.12. The van der Waals surface area contributed by atoms with Gasteiger partial charge < -0.3 is 20.4 Å². The molecule has 0 saturated carbocycles. The second-order valence-electron chi connectivity index (χ2n) is 8.36. The Bertz CT molecular complexity index is 1230. The van der Waals surface area contributed by atoms with Gasteiger partial charge in [0.25, 0.3) is 5.56 Å². The Morgan fingerprint density at radius 3 is 2.65 bits per heavy atom. The normalized spacial score (nSPS) is 15.7. The second-order valence-corrected chi connectivity index (χ2v) is 9.36. The lowest BCUT2D eigenvalue weighted by molar-refractivity contribution is 0.0531. The molecule has 0 aliphatic carbocycles. The van der Waals surface area contributed by atoms with Gasteiger partial charge in [0.05, 0.1) is 18.0 Å². The lowest BCUT2D eigenvalue weighted by Crippen LogP contribution is -2.46. The molecule has 0 spiro atoms. The fourth-order valence-corrected chi connectivity index (χ4v) is 5.31. The monoisotopic (exact) mass is 483 g/mol. The number of hydrogen-bond donors (Lipinski definition) is 3. The molecule has 3 N–H and O–H groups in total. The molecule has 1 saturated heterocycles. The minimum Gasteiger partial charge on any atom is -0.462 e. The SMILES string of the molecule is CCOC(=O)c1sc2nc(C(C)N3CCC(NC(=O)Nc4ccccc4)CC3)[nH]c(=O)c2c1C. The van der Waals surface area contributed by atoms with Crippen LogP contribution in [0.15, 0.2) is 35.1 Å². The number of carbonyl (C=O) groups excluding carboxylic acids is 2. The standard InChI is InChI=1S/C24H29N5O4S/c1-4-33-23(31)19-14(2)18-21(30)27-20(28-22(18)34-19)15(3)29-12-10-17(11-13-29)26-24(32)25-16-8-6-5-7-9-16/h5-9,15,17H,4,10-13H2,1-3H3,(H2,25,26,32)(H,27,28,30). The van der Waals surface area contributed by atoms with Gasteiger partial charge in [-0.15, -0.1) is 11.3 Å². The van der Waals surface area contributed by atoms with Gasteiger partial charge in [-0.05, 0) is 51.3 Å². The number of nitrogens with zero attached hydrogens (tertiary/aromatic N) is 2. The first-order chi connectivity index (χ1) is 16.4. The van der Waals surface area contributed by atoms with Crippen molar-refractivity contribution in [3.8, 4) is 0 Å². The number of amides is 2. The maximum absolute atomic E-state index is 12.8. The molecular weight excluding hydrogens is 454 g/mol. The summed E-state index contributed by atoms with van der Waals surface area (Å²) in [7, 11) is 0. The Kier molecular flexibility index (Phi) is 7.28. The maximum Gasteiger partial charge on any atom is 0.348 e. The number of rotatable bonds is 6. The first-order valence-corrected chi connectivity index (χ1v) is 12.3. The van der Waals surface area contributed by atoms with Gasteiger partial charge in [-0.3, -0.25) is 9.69 Å². The van der Waals surface area contributed by atoms with Gasteiger partial charge in [-0.25, -0.2) is 14.6 Å². The molecule has 1 aliphatic rings. The molecule has 180 valence electrons. The minimum absolute atomic E-state index is 0.0775. The van der Waals surface area contributed by atoms with Gasteiger partial charge in [-0.2, -0.15) is 0 Å². The number of thiophene rings is 1. The summed E-state index contributed by atoms with van der Waals surface area (Å²) in [6.45, 7) is 7.30. The van der Waals surface area contributed by atoms with Crippen LogP contribution in [-0.2, 0) is 4.74 Å². The van der Waals surface area contributed by atoms with Crippen LogP contribution in [0.25, 0.3) is 10.2 Å². The number of carbonyl (C=O) groups is 2. The summed E-state index contributed by atoms with van der Waals surface area (Å²) >= 11 is 1.19. The lowest BCUT2D eigenvalue weighted by Gasteiger charge is -2.35. The number of urea groups is 1. The summed E-state index contributed by atoms with van der Waals surface area (Å²) in [6.07, 6.45) is 1.59. The zero-order valence-corrected chi connectivity index (χ0v) is 20.3. The van der Waals surface area contributed by atoms with Gasteiger partial charge >= 0.3 is 12.0 Å². The molecule has 1 fully saturated rings. The maximum atomic E-state index is 12.8. The number of esters is 1. The molecule has 3 aromatic rings. The Morgan fingerprint density at radius 2 is 1.97 bits per heavy atom. The van der Waals surface area contributed by atoms with Crippen molar-refractivity contribution in [1.82, 2.24) is 20.2 Å². The number of hydrogen-bond acceptors (Lipinski definition) is 7. The van der Waals surface area contributed by atoms with Crippen molar-refractivity contribution in [2.45, 2.75) is 45.7 Å². The van der Waals surface area contributed by atoms with Crippen molar-refractivity contribution in [2.24, 2.45) is 0 Å². The van der Waals surface area contributed by atoms with E-state index in [1.807, 2.05) is 37.3 Å². The number of piperidine rings is 1. The first kappa shape index (κ1) is 23.9. The number of benzene rings is 1. The number of aromatic amines is 1. The summed E-state index contributed by atoms with van der Waals surface area (Å²) in [5.74, 6) is 0.144. The van der Waals surface area contributed by atoms with E-state index in [2.05, 4.69) is 25.5 Å². The zero-order valence-electron chi connectivity index (χ0n) is 19.5. The molecule has 4 rings (SSSR count). The van der Waals surface area contributed by atoms with Crippen LogP contribution in [-0.4, -0.2) is 52.6 Å². The van der Waals surface area contributed by atoms with E-state index < -0.39 is 5.97 Å². The molecule has 9 nitrogen and oxygen atoms in total. The van der Waals surface area contributed by atoms with Crippen molar-refractivity contribution in [2.75, 3.05) is 25.0 Å². The number of para-hydroxylation sites is 1. The predicted molar refractivity (Wildman–Crippen MR) is 133 cm³/mol. The van der Waals surface area contributed by atoms with Crippen LogP contribution >= 0.6 is 11.3 Å². The molecule has 1 atom stereocenters. The van der Waals surface area contributed by atoms with E-state index in [0.717, 1.165) is 31.6 Å². The predicted octanol–water partition coefficient (Wildman–Crippen LogP) is 3.82. The molecule has 0 bridgehead atoms. The molecule has 1 unspecified atom stereocenters. The Morgan fingerprint density at radius 1 is 1.26 bits per heavy atom. The number of ether oxygens (including phenoxy) is 1. The van der Waals surface area contributed by atoms with Crippen molar-refractivity contribution in [3.05, 3.63) is 57.0 Å². The molecule has 2 aromatic heterocycles. The average Bonchev–Trinajstić information content (AvgIpc) is 3.16. The number of likely N-dealkylation sites (tertiary alicyclic amines) is 1. The fourth-order valence-electron chi connectivity index (χ4n) is 4.23. The highest BCUT2D eigenvalue weighted by atomic mass is 32.1. The summed E-state index contributed by atoms with van der Waals surface area (Å²) in [6, 6.07) is 9.11. The Hall–Kier alpha value is -3.24. The van der Waals surface area contributed by atoms with Crippen molar-refractivity contribution >= 4 is 39.2 Å². The number of nitrogens with one attached hydrogen (secondary N) is 3. The molecule has 2 amide bonds. The van der Waals surface area contributed by atoms with Crippen LogP contribution in [0, 0.1) is 6.92 Å². The third-order valence-corrected chi connectivity index (χ3v) is 7.29.